The van der Waals surface area contributed by atoms with Gasteiger partial charge in [0.1, 0.15) is 34.5 Å². The lowest BCUT2D eigenvalue weighted by atomic mass is 10.3. The molecule has 0 bridgehead atoms. The van der Waals surface area contributed by atoms with Gasteiger partial charge in [0, 0.05) is 21.9 Å². The van der Waals surface area contributed by atoms with Gasteiger partial charge in [0.05, 0.1) is 14.2 Å². The van der Waals surface area contributed by atoms with Crippen molar-refractivity contribution in [3.05, 3.63) is 97.1 Å². The molecule has 0 N–H and O–H groups in total. The Bertz CT molecular complexity index is 1550. The number of hydrogen-bond donors (Lipinski definition) is 0. The number of benzene rings is 4. The van der Waals surface area contributed by atoms with Gasteiger partial charge in [-0.05, 0) is 72.8 Å². The number of alkyl halides is 10. The maximum absolute atomic E-state index is 15.4. The topological polar surface area (TPSA) is 55.4 Å². The maximum atomic E-state index is 15.4. The summed E-state index contributed by atoms with van der Waals surface area (Å²) in [5.74, 6) is -1.97. The third-order valence-electron chi connectivity index (χ3n) is 6.17. The highest BCUT2D eigenvalue weighted by atomic mass is 32.2. The second kappa shape index (κ2) is 14.8. The van der Waals surface area contributed by atoms with Crippen molar-refractivity contribution in [2.24, 2.45) is 0 Å². The molecule has 0 aliphatic heterocycles. The molecule has 0 aliphatic rings. The molecule has 0 spiro atoms. The standard InChI is InChI=1S/C32H24F10O6S/c1-43-21-5-3-7-23(17-21)47-31(41,27(33)29(35,36)37)45-19-9-13-25(14-10-19)49-26-15-11-20(12-16-26)46-32(42,28(34)30(38,39)40)48-24-8-4-6-22(18-24)44-2/h3-18,27-28H,1-2H3. The Morgan fingerprint density at radius 3 is 1.06 bits per heavy atom. The maximum Gasteiger partial charge on any atom is 0.449 e. The quantitative estimate of drug-likeness (QED) is 0.0948. The van der Waals surface area contributed by atoms with E-state index >= 15 is 8.78 Å². The van der Waals surface area contributed by atoms with Gasteiger partial charge in [-0.15, -0.1) is 0 Å². The molecule has 17 heteroatoms. The Morgan fingerprint density at radius 1 is 0.449 bits per heavy atom. The second-order valence-corrected chi connectivity index (χ2v) is 10.9. The van der Waals surface area contributed by atoms with Crippen LogP contribution >= 0.6 is 11.8 Å². The van der Waals surface area contributed by atoms with Crippen molar-refractivity contribution in [1.82, 2.24) is 0 Å². The highest BCUT2D eigenvalue weighted by Crippen LogP contribution is 2.40. The second-order valence-electron chi connectivity index (χ2n) is 9.78. The first-order chi connectivity index (χ1) is 22.9. The molecule has 0 saturated carbocycles. The van der Waals surface area contributed by atoms with Gasteiger partial charge in [-0.1, -0.05) is 23.9 Å². The normalized spacial score (nSPS) is 15.6. The molecule has 49 heavy (non-hydrogen) atoms. The lowest BCUT2D eigenvalue weighted by molar-refractivity contribution is -0.325. The highest BCUT2D eigenvalue weighted by Gasteiger charge is 2.62. The molecule has 0 aliphatic carbocycles. The summed E-state index contributed by atoms with van der Waals surface area (Å²) in [5.41, 5.74) is 0. The average molecular weight is 727 g/mol. The van der Waals surface area contributed by atoms with Gasteiger partial charge in [-0.2, -0.15) is 35.1 Å². The molecule has 4 atom stereocenters. The number of hydrogen-bond acceptors (Lipinski definition) is 7. The summed E-state index contributed by atoms with van der Waals surface area (Å²) in [4.78, 5) is 0.739. The molecule has 4 rings (SSSR count). The van der Waals surface area contributed by atoms with Crippen molar-refractivity contribution in [1.29, 1.82) is 0 Å². The van der Waals surface area contributed by atoms with Crippen LogP contribution in [-0.4, -0.2) is 51.0 Å². The first kappa shape index (κ1) is 37.2. The third kappa shape index (κ3) is 9.70. The zero-order chi connectivity index (χ0) is 36.0. The van der Waals surface area contributed by atoms with Gasteiger partial charge in [-0.3, -0.25) is 0 Å². The van der Waals surface area contributed by atoms with Gasteiger partial charge in [0.2, 0.25) is 0 Å². The van der Waals surface area contributed by atoms with Crippen LogP contribution in [0.2, 0.25) is 0 Å². The highest BCUT2D eigenvalue weighted by molar-refractivity contribution is 7.99. The van der Waals surface area contributed by atoms with Crippen LogP contribution in [0.5, 0.6) is 34.5 Å². The van der Waals surface area contributed by atoms with Crippen molar-refractivity contribution in [3.63, 3.8) is 0 Å². The largest absolute Gasteiger partial charge is 0.497 e. The minimum absolute atomic E-state index is 0.0849. The predicted molar refractivity (Wildman–Crippen MR) is 155 cm³/mol. The summed E-state index contributed by atoms with van der Waals surface area (Å²) in [5, 5.41) is 0. The Hall–Kier alpha value is -4.67. The summed E-state index contributed by atoms with van der Waals surface area (Å²) >= 11 is 0.978. The fourth-order valence-corrected chi connectivity index (χ4v) is 4.72. The van der Waals surface area contributed by atoms with Crippen LogP contribution in [0.25, 0.3) is 0 Å². The van der Waals surface area contributed by atoms with Gasteiger partial charge in [0.25, 0.3) is 0 Å². The van der Waals surface area contributed by atoms with Crippen LogP contribution in [0.15, 0.2) is 107 Å². The number of halogens is 10. The van der Waals surface area contributed by atoms with E-state index in [-0.39, 0.29) is 11.5 Å². The van der Waals surface area contributed by atoms with Crippen LogP contribution < -0.4 is 28.4 Å². The van der Waals surface area contributed by atoms with Gasteiger partial charge in [-0.25, -0.2) is 8.78 Å². The molecule has 4 aromatic carbocycles. The number of ether oxygens (including phenoxy) is 6. The lowest BCUT2D eigenvalue weighted by Crippen LogP contribution is -2.53. The fraction of sp³-hybridized carbons (Fsp3) is 0.250. The predicted octanol–water partition coefficient (Wildman–Crippen LogP) is 9.82. The van der Waals surface area contributed by atoms with Crippen molar-refractivity contribution < 1.29 is 72.3 Å². The first-order valence-corrected chi connectivity index (χ1v) is 14.5. The fourth-order valence-electron chi connectivity index (χ4n) is 3.90. The van der Waals surface area contributed by atoms with Gasteiger partial charge < -0.3 is 28.4 Å². The molecule has 0 fully saturated rings. The zero-order valence-electron chi connectivity index (χ0n) is 25.0. The van der Waals surface area contributed by atoms with E-state index < -0.39 is 59.8 Å². The molecule has 0 heterocycles. The zero-order valence-corrected chi connectivity index (χ0v) is 25.8. The van der Waals surface area contributed by atoms with Crippen molar-refractivity contribution in [3.8, 4) is 34.5 Å². The first-order valence-electron chi connectivity index (χ1n) is 13.7. The molecule has 0 saturated heterocycles. The van der Waals surface area contributed by atoms with E-state index in [1.807, 2.05) is 0 Å². The summed E-state index contributed by atoms with van der Waals surface area (Å²) in [6, 6.07) is 9.96. The van der Waals surface area contributed by atoms with Crippen molar-refractivity contribution in [2.75, 3.05) is 14.2 Å². The molecule has 4 unspecified atom stereocenters. The summed E-state index contributed by atoms with van der Waals surface area (Å²) in [6.45, 7) is 0. The van der Waals surface area contributed by atoms with Crippen molar-refractivity contribution >= 4 is 11.8 Å². The van der Waals surface area contributed by atoms with Crippen molar-refractivity contribution in [2.45, 2.75) is 46.6 Å². The van der Waals surface area contributed by atoms with E-state index in [4.69, 9.17) is 18.9 Å². The average Bonchev–Trinajstić information content (AvgIpc) is 3.05. The molecule has 6 nitrogen and oxygen atoms in total. The molecule has 264 valence electrons. The Labute approximate surface area is 276 Å². The number of rotatable bonds is 14. The smallest absolute Gasteiger partial charge is 0.449 e. The Kier molecular flexibility index (Phi) is 11.3. The SMILES string of the molecule is COc1cccc(OC(F)(Oc2ccc(Sc3ccc(OC(F)(Oc4cccc(OC)c4)C(F)C(F)(F)F)cc3)cc2)C(F)C(F)(F)F)c1. The van der Waals surface area contributed by atoms with Gasteiger partial charge >= 0.3 is 36.8 Å². The third-order valence-corrected chi connectivity index (χ3v) is 7.19. The van der Waals surface area contributed by atoms with E-state index in [0.29, 0.717) is 9.79 Å². The lowest BCUT2D eigenvalue weighted by Gasteiger charge is -2.30. The molecular weight excluding hydrogens is 702 g/mol. The monoisotopic (exact) mass is 726 g/mol. The summed E-state index contributed by atoms with van der Waals surface area (Å²) < 4.78 is 168. The summed E-state index contributed by atoms with van der Waals surface area (Å²) in [6.07, 6.45) is -19.9. The van der Waals surface area contributed by atoms with E-state index in [2.05, 4.69) is 9.47 Å². The molecular formula is C32H24F10O6S. The molecule has 0 radical (unpaired) electrons. The van der Waals surface area contributed by atoms with E-state index in [1.54, 1.807) is 0 Å². The van der Waals surface area contributed by atoms with Gasteiger partial charge in [0.15, 0.2) is 0 Å². The van der Waals surface area contributed by atoms with Crippen LogP contribution in [0.1, 0.15) is 0 Å². The number of methoxy groups -OCH3 is 2. The van der Waals surface area contributed by atoms with E-state index in [1.165, 1.54) is 62.8 Å². The molecule has 4 aromatic rings. The van der Waals surface area contributed by atoms with E-state index in [9.17, 15) is 35.1 Å². The minimum Gasteiger partial charge on any atom is -0.497 e. The Balaban J connectivity index is 1.48. The van der Waals surface area contributed by atoms with Crippen LogP contribution in [0.3, 0.4) is 0 Å². The molecule has 0 aromatic heterocycles. The summed E-state index contributed by atoms with van der Waals surface area (Å²) in [7, 11) is 2.48. The van der Waals surface area contributed by atoms with Crippen LogP contribution in [0.4, 0.5) is 43.9 Å². The van der Waals surface area contributed by atoms with E-state index in [0.717, 1.165) is 60.3 Å². The van der Waals surface area contributed by atoms with Crippen LogP contribution in [-0.2, 0) is 0 Å². The molecule has 0 amide bonds. The Morgan fingerprint density at radius 2 is 0.755 bits per heavy atom. The minimum atomic E-state index is -5.71. The van der Waals surface area contributed by atoms with Crippen LogP contribution in [0, 0.1) is 0 Å².